The second-order valence-electron chi connectivity index (χ2n) is 6.32. The molecule has 1 aromatic rings. The third-order valence-electron chi connectivity index (χ3n) is 4.45. The van der Waals surface area contributed by atoms with Crippen LogP contribution in [-0.4, -0.2) is 11.1 Å². The zero-order chi connectivity index (χ0) is 16.4. The first-order chi connectivity index (χ1) is 10.6. The molecule has 22 heavy (non-hydrogen) atoms. The summed E-state index contributed by atoms with van der Waals surface area (Å²) in [6.45, 7) is 6.56. The van der Waals surface area contributed by atoms with E-state index in [1.54, 1.807) is 0 Å². The Hall–Kier alpha value is -1.25. The van der Waals surface area contributed by atoms with Crippen LogP contribution in [0.25, 0.3) is 0 Å². The Morgan fingerprint density at radius 1 is 0.864 bits per heavy atom. The highest BCUT2D eigenvalue weighted by Gasteiger charge is 2.12. The molecule has 1 N–H and O–H groups in total. The van der Waals surface area contributed by atoms with Gasteiger partial charge in [-0.25, -0.2) is 0 Å². The van der Waals surface area contributed by atoms with Gasteiger partial charge in [0.25, 0.3) is 0 Å². The van der Waals surface area contributed by atoms with Crippen LogP contribution >= 0.6 is 0 Å². The number of aryl methyl sites for hydroxylation is 2. The van der Waals surface area contributed by atoms with Gasteiger partial charge in [0.1, 0.15) is 11.5 Å². The van der Waals surface area contributed by atoms with E-state index in [9.17, 15) is 4.79 Å². The van der Waals surface area contributed by atoms with Gasteiger partial charge in [0.15, 0.2) is 0 Å². The van der Waals surface area contributed by atoms with E-state index in [0.717, 1.165) is 32.1 Å². The third-order valence-corrected chi connectivity index (χ3v) is 4.45. The predicted molar refractivity (Wildman–Crippen MR) is 90.5 cm³/mol. The number of carboxylic acids is 1. The molecule has 3 heteroatoms. The molecule has 1 aromatic heterocycles. The number of rotatable bonds is 12. The van der Waals surface area contributed by atoms with Crippen LogP contribution in [0.15, 0.2) is 4.42 Å². The summed E-state index contributed by atoms with van der Waals surface area (Å²) in [4.78, 5) is 10.4. The van der Waals surface area contributed by atoms with E-state index < -0.39 is 5.97 Å². The summed E-state index contributed by atoms with van der Waals surface area (Å²) < 4.78 is 6.05. The summed E-state index contributed by atoms with van der Waals surface area (Å²) in [7, 11) is 0. The molecule has 0 unspecified atom stereocenters. The average Bonchev–Trinajstić information content (AvgIpc) is 2.75. The molecule has 3 nitrogen and oxygen atoms in total. The highest BCUT2D eigenvalue weighted by Crippen LogP contribution is 2.24. The molecule has 0 saturated heterocycles. The van der Waals surface area contributed by atoms with Crippen molar-refractivity contribution in [1.82, 2.24) is 0 Å². The molecule has 0 atom stereocenters. The van der Waals surface area contributed by atoms with Crippen LogP contribution < -0.4 is 0 Å². The van der Waals surface area contributed by atoms with E-state index in [-0.39, 0.29) is 0 Å². The Morgan fingerprint density at radius 2 is 1.36 bits per heavy atom. The number of hydrogen-bond donors (Lipinski definition) is 1. The van der Waals surface area contributed by atoms with Crippen molar-refractivity contribution < 1.29 is 14.3 Å². The van der Waals surface area contributed by atoms with Crippen molar-refractivity contribution in [3.05, 3.63) is 22.6 Å². The van der Waals surface area contributed by atoms with E-state index >= 15 is 0 Å². The Bertz CT molecular complexity index is 446. The summed E-state index contributed by atoms with van der Waals surface area (Å²) in [5.41, 5.74) is 2.68. The summed E-state index contributed by atoms with van der Waals surface area (Å²) >= 11 is 0. The highest BCUT2D eigenvalue weighted by molar-refractivity contribution is 5.66. The summed E-state index contributed by atoms with van der Waals surface area (Å²) in [5.74, 6) is 1.68. The molecule has 0 amide bonds. The second-order valence-corrected chi connectivity index (χ2v) is 6.32. The lowest BCUT2D eigenvalue weighted by molar-refractivity contribution is -0.137. The SMILES string of the molecule is CCCCc1oc(CCCCCCCCC(=O)O)c(C)c1C. The lowest BCUT2D eigenvalue weighted by atomic mass is 10.0. The number of hydrogen-bond acceptors (Lipinski definition) is 2. The normalized spacial score (nSPS) is 11.0. The van der Waals surface area contributed by atoms with Crippen molar-refractivity contribution in [2.24, 2.45) is 0 Å². The monoisotopic (exact) mass is 308 g/mol. The lowest BCUT2D eigenvalue weighted by Crippen LogP contribution is -1.93. The molecule has 0 spiro atoms. The van der Waals surface area contributed by atoms with Crippen LogP contribution in [-0.2, 0) is 17.6 Å². The number of unbranched alkanes of at least 4 members (excludes halogenated alkanes) is 6. The fraction of sp³-hybridized carbons (Fsp3) is 0.737. The molecule has 0 aliphatic rings. The Labute approximate surface area is 135 Å². The minimum Gasteiger partial charge on any atom is -0.481 e. The topological polar surface area (TPSA) is 50.4 Å². The molecule has 0 fully saturated rings. The van der Waals surface area contributed by atoms with Crippen molar-refractivity contribution in [3.8, 4) is 0 Å². The van der Waals surface area contributed by atoms with Gasteiger partial charge in [-0.3, -0.25) is 4.79 Å². The van der Waals surface area contributed by atoms with Crippen LogP contribution in [0, 0.1) is 13.8 Å². The number of aliphatic carboxylic acids is 1. The van der Waals surface area contributed by atoms with Gasteiger partial charge in [-0.15, -0.1) is 0 Å². The first-order valence-corrected chi connectivity index (χ1v) is 8.85. The van der Waals surface area contributed by atoms with Gasteiger partial charge in [-0.2, -0.15) is 0 Å². The molecular weight excluding hydrogens is 276 g/mol. The third kappa shape index (κ3) is 6.67. The molecular formula is C19H32O3. The average molecular weight is 308 g/mol. The fourth-order valence-corrected chi connectivity index (χ4v) is 2.80. The fourth-order valence-electron chi connectivity index (χ4n) is 2.80. The second kappa shape index (κ2) is 10.5. The number of carbonyl (C=O) groups is 1. The summed E-state index contributed by atoms with van der Waals surface area (Å²) in [6.07, 6.45) is 11.4. The van der Waals surface area contributed by atoms with Crippen LogP contribution in [0.3, 0.4) is 0 Å². The minimum absolute atomic E-state index is 0.311. The van der Waals surface area contributed by atoms with E-state index in [0.29, 0.717) is 6.42 Å². The van der Waals surface area contributed by atoms with Crippen LogP contribution in [0.1, 0.15) is 87.4 Å². The van der Waals surface area contributed by atoms with Gasteiger partial charge >= 0.3 is 5.97 Å². The molecule has 0 saturated carbocycles. The first kappa shape index (κ1) is 18.8. The van der Waals surface area contributed by atoms with Crippen molar-refractivity contribution in [3.63, 3.8) is 0 Å². The lowest BCUT2D eigenvalue weighted by Gasteiger charge is -2.01. The van der Waals surface area contributed by atoms with Gasteiger partial charge < -0.3 is 9.52 Å². The Kier molecular flexibility index (Phi) is 8.95. The van der Waals surface area contributed by atoms with Gasteiger partial charge in [0.2, 0.25) is 0 Å². The largest absolute Gasteiger partial charge is 0.481 e. The molecule has 126 valence electrons. The van der Waals surface area contributed by atoms with Crippen LogP contribution in [0.2, 0.25) is 0 Å². The Balaban J connectivity index is 2.20. The highest BCUT2D eigenvalue weighted by atomic mass is 16.4. The molecule has 0 radical (unpaired) electrons. The maximum Gasteiger partial charge on any atom is 0.303 e. The molecule has 0 aliphatic carbocycles. The van der Waals surface area contributed by atoms with E-state index in [1.807, 2.05) is 0 Å². The molecule has 0 aliphatic heterocycles. The standard InChI is InChI=1S/C19H32O3/c1-4-5-12-17-15(2)16(3)18(22-17)13-10-8-6-7-9-11-14-19(20)21/h4-14H2,1-3H3,(H,20,21). The van der Waals surface area contributed by atoms with E-state index in [1.165, 1.54) is 54.8 Å². The van der Waals surface area contributed by atoms with Gasteiger partial charge in [0.05, 0.1) is 0 Å². The smallest absolute Gasteiger partial charge is 0.303 e. The van der Waals surface area contributed by atoms with Gasteiger partial charge in [-0.1, -0.05) is 39.0 Å². The van der Waals surface area contributed by atoms with E-state index in [4.69, 9.17) is 9.52 Å². The van der Waals surface area contributed by atoms with Crippen LogP contribution in [0.5, 0.6) is 0 Å². The van der Waals surface area contributed by atoms with Crippen LogP contribution in [0.4, 0.5) is 0 Å². The molecule has 0 bridgehead atoms. The Morgan fingerprint density at radius 3 is 1.91 bits per heavy atom. The zero-order valence-electron chi connectivity index (χ0n) is 14.5. The number of carboxylic acid groups (broad SMARTS) is 1. The van der Waals surface area contributed by atoms with Gasteiger partial charge in [0, 0.05) is 19.3 Å². The van der Waals surface area contributed by atoms with Crippen molar-refractivity contribution in [2.75, 3.05) is 0 Å². The molecule has 1 rings (SSSR count). The maximum absolute atomic E-state index is 10.4. The van der Waals surface area contributed by atoms with Gasteiger partial charge in [-0.05, 0) is 44.2 Å². The minimum atomic E-state index is -0.678. The zero-order valence-corrected chi connectivity index (χ0v) is 14.5. The van der Waals surface area contributed by atoms with E-state index in [2.05, 4.69) is 20.8 Å². The first-order valence-electron chi connectivity index (χ1n) is 8.85. The summed E-state index contributed by atoms with van der Waals surface area (Å²) in [6, 6.07) is 0. The van der Waals surface area contributed by atoms with Crippen molar-refractivity contribution in [1.29, 1.82) is 0 Å². The van der Waals surface area contributed by atoms with Crippen molar-refractivity contribution in [2.45, 2.75) is 91.4 Å². The molecule has 1 heterocycles. The summed E-state index contributed by atoms with van der Waals surface area (Å²) in [5, 5.41) is 8.57. The van der Waals surface area contributed by atoms with Crippen molar-refractivity contribution >= 4 is 5.97 Å². The maximum atomic E-state index is 10.4. The quantitative estimate of drug-likeness (QED) is 0.511. The predicted octanol–water partition coefficient (Wildman–Crippen LogP) is 5.60. The molecule has 0 aromatic carbocycles. The number of furan rings is 1.